The molecule has 1 amide bonds. The van der Waals surface area contributed by atoms with Crippen LogP contribution in [0, 0.1) is 0 Å². The molecule has 0 radical (unpaired) electrons. The summed E-state index contributed by atoms with van der Waals surface area (Å²) >= 11 is 0. The molecule has 0 aromatic heterocycles. The lowest BCUT2D eigenvalue weighted by atomic mass is 10.1. The van der Waals surface area contributed by atoms with Crippen LogP contribution >= 0.6 is 0 Å². The molecule has 0 saturated carbocycles. The van der Waals surface area contributed by atoms with Crippen LogP contribution in [0.2, 0.25) is 0 Å². The summed E-state index contributed by atoms with van der Waals surface area (Å²) in [4.78, 5) is 12.0. The monoisotopic (exact) mass is 481 g/mol. The minimum Gasteiger partial charge on any atom is -0.396 e. The summed E-state index contributed by atoms with van der Waals surface area (Å²) < 4.78 is 0.910. The van der Waals surface area contributed by atoms with Gasteiger partial charge in [0, 0.05) is 32.4 Å². The molecule has 0 aliphatic rings. The summed E-state index contributed by atoms with van der Waals surface area (Å²) in [6.45, 7) is 5.34. The standard InChI is InChI=1S/C30H60N2O2/c1-4-5-6-7-8-9-10-11-12-13-14-15-16-17-18-19-20-21-22-25-30(34)31-26-23-27-32(2,3)28-24-29-33/h11-12,33H,4-10,13-29H2,1-3H3/p+1/b12-11-. The predicted octanol–water partition coefficient (Wildman–Crippen LogP) is 7.55. The number of carbonyl (C=O) groups is 1. The number of hydrogen-bond acceptors (Lipinski definition) is 2. The Bertz CT molecular complexity index is 463. The fraction of sp³-hybridized carbons (Fsp3) is 0.900. The van der Waals surface area contributed by atoms with Gasteiger partial charge >= 0.3 is 0 Å². The van der Waals surface area contributed by atoms with Crippen molar-refractivity contribution >= 4 is 5.91 Å². The fourth-order valence-corrected chi connectivity index (χ4v) is 4.50. The van der Waals surface area contributed by atoms with Gasteiger partial charge in [-0.1, -0.05) is 96.1 Å². The lowest BCUT2D eigenvalue weighted by molar-refractivity contribution is -0.890. The lowest BCUT2D eigenvalue weighted by Crippen LogP contribution is -2.42. The molecule has 34 heavy (non-hydrogen) atoms. The van der Waals surface area contributed by atoms with E-state index < -0.39 is 0 Å². The van der Waals surface area contributed by atoms with E-state index in [0.29, 0.717) is 6.42 Å². The average Bonchev–Trinajstić information content (AvgIpc) is 2.82. The smallest absolute Gasteiger partial charge is 0.219 e. The second-order valence-corrected chi connectivity index (χ2v) is 10.9. The van der Waals surface area contributed by atoms with Crippen LogP contribution in [-0.2, 0) is 4.79 Å². The van der Waals surface area contributed by atoms with Crippen molar-refractivity contribution in [2.45, 2.75) is 135 Å². The maximum atomic E-state index is 12.0. The zero-order valence-corrected chi connectivity index (χ0v) is 23.4. The quantitative estimate of drug-likeness (QED) is 0.0761. The highest BCUT2D eigenvalue weighted by Crippen LogP contribution is 2.12. The van der Waals surface area contributed by atoms with Crippen molar-refractivity contribution in [2.75, 3.05) is 40.3 Å². The first-order chi connectivity index (χ1) is 16.5. The van der Waals surface area contributed by atoms with Crippen LogP contribution in [0.4, 0.5) is 0 Å². The minimum absolute atomic E-state index is 0.210. The molecule has 0 heterocycles. The van der Waals surface area contributed by atoms with Crippen molar-refractivity contribution in [3.8, 4) is 0 Å². The number of hydrogen-bond donors (Lipinski definition) is 2. The van der Waals surface area contributed by atoms with E-state index in [4.69, 9.17) is 5.11 Å². The third kappa shape index (κ3) is 25.7. The van der Waals surface area contributed by atoms with Crippen LogP contribution in [0.15, 0.2) is 12.2 Å². The van der Waals surface area contributed by atoms with Gasteiger partial charge in [0.25, 0.3) is 0 Å². The summed E-state index contributed by atoms with van der Waals surface area (Å²) in [5.41, 5.74) is 0. The Kier molecular flexibility index (Phi) is 24.6. The Morgan fingerprint density at radius 2 is 1.15 bits per heavy atom. The van der Waals surface area contributed by atoms with E-state index in [1.807, 2.05) is 0 Å². The van der Waals surface area contributed by atoms with E-state index in [-0.39, 0.29) is 12.5 Å². The Balaban J connectivity index is 3.30. The highest BCUT2D eigenvalue weighted by molar-refractivity contribution is 5.75. The number of allylic oxidation sites excluding steroid dienone is 2. The Morgan fingerprint density at radius 1 is 0.676 bits per heavy atom. The largest absolute Gasteiger partial charge is 0.396 e. The summed E-state index contributed by atoms with van der Waals surface area (Å²) in [6, 6.07) is 0. The van der Waals surface area contributed by atoms with Gasteiger partial charge in [-0.3, -0.25) is 4.79 Å². The number of nitrogens with one attached hydrogen (secondary N) is 1. The van der Waals surface area contributed by atoms with Gasteiger partial charge in [-0.2, -0.15) is 0 Å². The molecular formula is C30H61N2O2+. The van der Waals surface area contributed by atoms with E-state index in [2.05, 4.69) is 38.5 Å². The Morgan fingerprint density at radius 3 is 1.68 bits per heavy atom. The maximum Gasteiger partial charge on any atom is 0.219 e. The Labute approximate surface area is 213 Å². The third-order valence-corrected chi connectivity index (χ3v) is 6.85. The first-order valence-corrected chi connectivity index (χ1v) is 14.9. The number of nitrogens with zero attached hydrogens (tertiary/aromatic N) is 1. The highest BCUT2D eigenvalue weighted by atomic mass is 16.3. The number of carbonyl (C=O) groups excluding carboxylic acids is 1. The number of amides is 1. The average molecular weight is 482 g/mol. The number of aliphatic hydroxyl groups excluding tert-OH is 1. The maximum absolute atomic E-state index is 12.0. The van der Waals surface area contributed by atoms with Crippen LogP contribution in [0.5, 0.6) is 0 Å². The molecule has 0 atom stereocenters. The third-order valence-electron chi connectivity index (χ3n) is 6.85. The summed E-state index contributed by atoms with van der Waals surface area (Å²) in [5.74, 6) is 0.210. The van der Waals surface area contributed by atoms with E-state index >= 15 is 0 Å². The first-order valence-electron chi connectivity index (χ1n) is 14.9. The van der Waals surface area contributed by atoms with Crippen molar-refractivity contribution in [3.63, 3.8) is 0 Å². The zero-order valence-electron chi connectivity index (χ0n) is 23.4. The van der Waals surface area contributed by atoms with Crippen molar-refractivity contribution in [3.05, 3.63) is 12.2 Å². The number of quaternary nitrogens is 1. The molecule has 0 bridgehead atoms. The van der Waals surface area contributed by atoms with Crippen molar-refractivity contribution in [1.82, 2.24) is 5.32 Å². The molecule has 4 heteroatoms. The van der Waals surface area contributed by atoms with Gasteiger partial charge in [0.05, 0.1) is 27.2 Å². The second kappa shape index (κ2) is 25.2. The van der Waals surface area contributed by atoms with Gasteiger partial charge < -0.3 is 14.9 Å². The van der Waals surface area contributed by atoms with Crippen molar-refractivity contribution in [1.29, 1.82) is 0 Å². The van der Waals surface area contributed by atoms with Crippen molar-refractivity contribution in [2.24, 2.45) is 0 Å². The molecule has 4 nitrogen and oxygen atoms in total. The molecule has 2 N–H and O–H groups in total. The molecule has 0 rings (SSSR count). The number of unbranched alkanes of at least 4 members (excludes halogenated alkanes) is 15. The Hall–Kier alpha value is -0.870. The molecule has 0 saturated heterocycles. The molecular weight excluding hydrogens is 420 g/mol. The van der Waals surface area contributed by atoms with E-state index in [1.165, 1.54) is 103 Å². The van der Waals surface area contributed by atoms with Gasteiger partial charge in [-0.25, -0.2) is 0 Å². The minimum atomic E-state index is 0.210. The summed E-state index contributed by atoms with van der Waals surface area (Å²) in [6.07, 6.45) is 29.8. The van der Waals surface area contributed by atoms with Crippen LogP contribution < -0.4 is 5.32 Å². The molecule has 202 valence electrons. The van der Waals surface area contributed by atoms with Crippen LogP contribution in [-0.4, -0.2) is 55.8 Å². The van der Waals surface area contributed by atoms with Crippen LogP contribution in [0.3, 0.4) is 0 Å². The summed E-state index contributed by atoms with van der Waals surface area (Å²) in [7, 11) is 4.38. The molecule has 0 aromatic carbocycles. The first kappa shape index (κ1) is 33.1. The molecule has 0 aromatic rings. The molecule has 0 aliphatic carbocycles. The predicted molar refractivity (Wildman–Crippen MR) is 149 cm³/mol. The molecule has 0 unspecified atom stereocenters. The van der Waals surface area contributed by atoms with Gasteiger partial charge in [0.1, 0.15) is 0 Å². The second-order valence-electron chi connectivity index (χ2n) is 10.9. The normalized spacial score (nSPS) is 12.0. The highest BCUT2D eigenvalue weighted by Gasteiger charge is 2.13. The topological polar surface area (TPSA) is 49.3 Å². The fourth-order valence-electron chi connectivity index (χ4n) is 4.50. The van der Waals surface area contributed by atoms with E-state index in [1.54, 1.807) is 0 Å². The van der Waals surface area contributed by atoms with E-state index in [9.17, 15) is 4.79 Å². The summed E-state index contributed by atoms with van der Waals surface area (Å²) in [5, 5.41) is 12.0. The zero-order chi connectivity index (χ0) is 25.2. The van der Waals surface area contributed by atoms with Crippen LogP contribution in [0.1, 0.15) is 135 Å². The van der Waals surface area contributed by atoms with Crippen molar-refractivity contribution < 1.29 is 14.4 Å². The van der Waals surface area contributed by atoms with Gasteiger partial charge in [-0.05, 0) is 32.1 Å². The SMILES string of the molecule is CCCCCCCC/C=C\CCCCCCCCCCCC(=O)NCCC[N+](C)(C)CCCO. The molecule has 0 spiro atoms. The van der Waals surface area contributed by atoms with E-state index in [0.717, 1.165) is 43.4 Å². The number of aliphatic hydroxyl groups is 1. The lowest BCUT2D eigenvalue weighted by Gasteiger charge is -2.29. The van der Waals surface area contributed by atoms with Crippen LogP contribution in [0.25, 0.3) is 0 Å². The molecule has 0 aliphatic heterocycles. The van der Waals surface area contributed by atoms with Gasteiger partial charge in [0.2, 0.25) is 5.91 Å². The number of rotatable bonds is 26. The molecule has 0 fully saturated rings. The van der Waals surface area contributed by atoms with Gasteiger partial charge in [0.15, 0.2) is 0 Å². The van der Waals surface area contributed by atoms with Gasteiger partial charge in [-0.15, -0.1) is 0 Å².